The molecule has 0 amide bonds. The molecule has 0 radical (unpaired) electrons. The van der Waals surface area contributed by atoms with Crippen LogP contribution in [0, 0.1) is 0 Å². The number of ether oxygens (including phenoxy) is 6. The second-order valence-electron chi connectivity index (χ2n) is 10.4. The van der Waals surface area contributed by atoms with E-state index in [1.165, 1.54) is 12.8 Å². The zero-order chi connectivity index (χ0) is 45.6. The molecule has 2 atom stereocenters. The van der Waals surface area contributed by atoms with E-state index in [1.807, 2.05) is 201 Å². The van der Waals surface area contributed by atoms with Crippen LogP contribution in [0.1, 0.15) is 126 Å². The highest BCUT2D eigenvalue weighted by atomic mass is 16.6. The maximum Gasteiger partial charge on any atom is 0.104 e. The van der Waals surface area contributed by atoms with Crippen LogP contribution in [0.5, 0.6) is 0 Å². The third-order valence-corrected chi connectivity index (χ3v) is 4.89. The Balaban J connectivity index is -0.0000000514. The highest BCUT2D eigenvalue weighted by Gasteiger charge is 2.21. The number of aliphatic hydroxyl groups excluding tert-OH is 1. The van der Waals surface area contributed by atoms with Crippen LogP contribution >= 0.6 is 0 Å². The van der Waals surface area contributed by atoms with Crippen molar-refractivity contribution in [2.45, 2.75) is 144 Å². The van der Waals surface area contributed by atoms with E-state index in [-0.39, 0.29) is 29.7 Å². The van der Waals surface area contributed by atoms with E-state index in [0.717, 1.165) is 26.4 Å². The van der Waals surface area contributed by atoms with Crippen LogP contribution in [-0.4, -0.2) is 91.5 Å². The van der Waals surface area contributed by atoms with E-state index in [1.54, 1.807) is 28.4 Å². The molecular formula is C55H108O7. The predicted molar refractivity (Wildman–Crippen MR) is 283 cm³/mol. The van der Waals surface area contributed by atoms with E-state index in [4.69, 9.17) is 24.1 Å². The minimum absolute atomic E-state index is 0. The molecule has 1 N–H and O–H groups in total. The summed E-state index contributed by atoms with van der Waals surface area (Å²) in [4.78, 5) is 0. The second kappa shape index (κ2) is 97.1. The third-order valence-electron chi connectivity index (χ3n) is 4.89. The van der Waals surface area contributed by atoms with E-state index < -0.39 is 6.10 Å². The monoisotopic (exact) mass is 881 g/mol. The first-order valence-corrected chi connectivity index (χ1v) is 21.4. The van der Waals surface area contributed by atoms with Crippen LogP contribution in [-0.2, 0) is 28.4 Å². The fourth-order valence-corrected chi connectivity index (χ4v) is 2.67. The summed E-state index contributed by atoms with van der Waals surface area (Å²) in [5.74, 6) is 0. The van der Waals surface area contributed by atoms with Gasteiger partial charge in [0.1, 0.15) is 18.3 Å². The minimum Gasteiger partial charge on any atom is -0.388 e. The molecule has 7 nitrogen and oxygen atoms in total. The van der Waals surface area contributed by atoms with Crippen molar-refractivity contribution in [1.29, 1.82) is 0 Å². The van der Waals surface area contributed by atoms with Crippen molar-refractivity contribution < 1.29 is 33.5 Å². The number of aliphatic hydroxyl groups is 1. The van der Waals surface area contributed by atoms with Gasteiger partial charge in [-0.1, -0.05) is 271 Å². The third kappa shape index (κ3) is 117. The Morgan fingerprint density at radius 1 is 0.371 bits per heavy atom. The number of epoxide rings is 2. The van der Waals surface area contributed by atoms with E-state index >= 15 is 0 Å². The van der Waals surface area contributed by atoms with Crippen LogP contribution in [0.2, 0.25) is 0 Å². The highest BCUT2D eigenvalue weighted by molar-refractivity contribution is 5.01. The normalized spacial score (nSPS) is 11.3. The Hall–Kier alpha value is -3.40. The fraction of sp³-hybridized carbons (Fsp3) is 0.564. The first kappa shape index (κ1) is 85.8. The van der Waals surface area contributed by atoms with Gasteiger partial charge < -0.3 is 33.5 Å². The standard InChI is InChI=1S/4C6H6.C5H12O3.2C4H8O2.2C3H8.4C2H6.4CH4/c4*1-2-4-6-5-3-1;1-7-3-5(6)4-8-2;2*1-5-2-4-3-6-4;2*1-3-2;4*1-2;;;;/h4*1-6H;5-6H,3-4H2,1-2H3;2*4H,2-3H2,1H3;2*3H2,1-2H3;4*1-2H3;4*1H4. The molecule has 6 rings (SSSR count). The number of methoxy groups -OCH3 is 4. The van der Waals surface area contributed by atoms with Crippen molar-refractivity contribution in [2.24, 2.45) is 0 Å². The van der Waals surface area contributed by atoms with E-state index in [0.29, 0.717) is 25.4 Å². The van der Waals surface area contributed by atoms with Gasteiger partial charge in [-0.05, 0) is 0 Å². The molecule has 4 aromatic carbocycles. The summed E-state index contributed by atoms with van der Waals surface area (Å²) >= 11 is 0. The Morgan fingerprint density at radius 3 is 0.565 bits per heavy atom. The molecule has 62 heavy (non-hydrogen) atoms. The maximum atomic E-state index is 8.80. The quantitative estimate of drug-likeness (QED) is 0.177. The highest BCUT2D eigenvalue weighted by Crippen LogP contribution is 2.07. The summed E-state index contributed by atoms with van der Waals surface area (Å²) in [7, 11) is 6.45. The van der Waals surface area contributed by atoms with E-state index in [2.05, 4.69) is 37.2 Å². The maximum absolute atomic E-state index is 8.80. The summed E-state index contributed by atoms with van der Waals surface area (Å²) in [6.07, 6.45) is 2.87. The summed E-state index contributed by atoms with van der Waals surface area (Å²) in [5, 5.41) is 8.80. The lowest BCUT2D eigenvalue weighted by Gasteiger charge is -2.05. The molecule has 2 unspecified atom stereocenters. The molecule has 0 aromatic heterocycles. The van der Waals surface area contributed by atoms with Crippen molar-refractivity contribution in [3.8, 4) is 0 Å². The van der Waals surface area contributed by atoms with Crippen LogP contribution in [0.3, 0.4) is 0 Å². The molecule has 2 aliphatic rings. The molecule has 4 aromatic rings. The second-order valence-corrected chi connectivity index (χ2v) is 10.4. The Bertz CT molecular complexity index is 768. The zero-order valence-electron chi connectivity index (χ0n) is 40.1. The van der Waals surface area contributed by atoms with Crippen LogP contribution < -0.4 is 0 Å². The molecule has 0 spiro atoms. The van der Waals surface area contributed by atoms with Crippen molar-refractivity contribution in [2.75, 3.05) is 68.1 Å². The van der Waals surface area contributed by atoms with Gasteiger partial charge >= 0.3 is 0 Å². The Kier molecular flexibility index (Phi) is 134. The number of rotatable bonds is 8. The van der Waals surface area contributed by atoms with Gasteiger partial charge in [-0.15, -0.1) is 0 Å². The van der Waals surface area contributed by atoms with Crippen LogP contribution in [0.4, 0.5) is 0 Å². The molecule has 2 saturated heterocycles. The van der Waals surface area contributed by atoms with Gasteiger partial charge in [0, 0.05) is 28.4 Å². The van der Waals surface area contributed by atoms with Gasteiger partial charge in [-0.25, -0.2) is 0 Å². The number of benzene rings is 4. The van der Waals surface area contributed by atoms with Crippen molar-refractivity contribution in [3.63, 3.8) is 0 Å². The summed E-state index contributed by atoms with van der Waals surface area (Å²) in [6, 6.07) is 48.0. The smallest absolute Gasteiger partial charge is 0.104 e. The van der Waals surface area contributed by atoms with Crippen LogP contribution in [0.15, 0.2) is 146 Å². The minimum atomic E-state index is -0.481. The van der Waals surface area contributed by atoms with Gasteiger partial charge in [0.25, 0.3) is 0 Å². The largest absolute Gasteiger partial charge is 0.388 e. The van der Waals surface area contributed by atoms with E-state index in [9.17, 15) is 0 Å². The molecular weight excluding hydrogens is 773 g/mol. The molecule has 0 bridgehead atoms. The van der Waals surface area contributed by atoms with Crippen molar-refractivity contribution >= 4 is 0 Å². The average molecular weight is 881 g/mol. The first-order valence-electron chi connectivity index (χ1n) is 21.4. The van der Waals surface area contributed by atoms with Crippen molar-refractivity contribution in [1.82, 2.24) is 0 Å². The van der Waals surface area contributed by atoms with Crippen LogP contribution in [0.25, 0.3) is 0 Å². The van der Waals surface area contributed by atoms with Gasteiger partial charge in [-0.3, -0.25) is 0 Å². The average Bonchev–Trinajstić information content (AvgIpc) is 4.27. The zero-order valence-corrected chi connectivity index (χ0v) is 40.1. The summed E-state index contributed by atoms with van der Waals surface area (Å²) in [5.41, 5.74) is 0. The van der Waals surface area contributed by atoms with Crippen molar-refractivity contribution in [3.05, 3.63) is 146 Å². The fourth-order valence-electron chi connectivity index (χ4n) is 2.67. The van der Waals surface area contributed by atoms with Gasteiger partial charge in [0.05, 0.1) is 39.6 Å². The Morgan fingerprint density at radius 2 is 0.500 bits per heavy atom. The molecule has 370 valence electrons. The topological polar surface area (TPSA) is 82.2 Å². The number of hydrogen-bond acceptors (Lipinski definition) is 7. The number of hydrogen-bond donors (Lipinski definition) is 1. The molecule has 2 heterocycles. The molecule has 2 aliphatic heterocycles. The lowest BCUT2D eigenvalue weighted by Crippen LogP contribution is -2.19. The molecule has 7 heteroatoms. The van der Waals surface area contributed by atoms with Gasteiger partial charge in [-0.2, -0.15) is 0 Å². The lowest BCUT2D eigenvalue weighted by atomic mass is 10.4. The Labute approximate surface area is 389 Å². The van der Waals surface area contributed by atoms with Gasteiger partial charge in [0.2, 0.25) is 0 Å². The first-order chi connectivity index (χ1) is 28.5. The molecule has 0 saturated carbocycles. The molecule has 0 aliphatic carbocycles. The lowest BCUT2D eigenvalue weighted by molar-refractivity contribution is 0.00980. The summed E-state index contributed by atoms with van der Waals surface area (Å²) in [6.45, 7) is 28.5. The van der Waals surface area contributed by atoms with Gasteiger partial charge in [0.15, 0.2) is 0 Å². The SMILES string of the molecule is C.C.C.C.CC.CC.CC.CC.CCC.CCC.COCC(O)COC.COCC1CO1.COCC1CO1.c1ccccc1.c1ccccc1.c1ccccc1.c1ccccc1. The summed E-state index contributed by atoms with van der Waals surface area (Å²) < 4.78 is 28.4. The molecule has 2 fully saturated rings. The predicted octanol–water partition coefficient (Wildman–Crippen LogP) is 15.9.